The number of para-hydroxylation sites is 2. The second-order valence-electron chi connectivity index (χ2n) is 5.51. The van der Waals surface area contributed by atoms with Crippen molar-refractivity contribution >= 4 is 5.69 Å². The zero-order chi connectivity index (χ0) is 14.7. The quantitative estimate of drug-likeness (QED) is 0.870. The molecule has 2 unspecified atom stereocenters. The van der Waals surface area contributed by atoms with E-state index in [0.29, 0.717) is 0 Å². The Morgan fingerprint density at radius 1 is 1.10 bits per heavy atom. The van der Waals surface area contributed by atoms with E-state index >= 15 is 0 Å². The highest BCUT2D eigenvalue weighted by atomic mass is 16.5. The van der Waals surface area contributed by atoms with E-state index in [-0.39, 0.29) is 12.1 Å². The van der Waals surface area contributed by atoms with Gasteiger partial charge in [-0.2, -0.15) is 0 Å². The maximum absolute atomic E-state index is 6.24. The van der Waals surface area contributed by atoms with Crippen LogP contribution < -0.4 is 15.8 Å². The molecule has 2 aromatic carbocycles. The third kappa shape index (κ3) is 2.88. The molecule has 0 amide bonds. The Kier molecular flexibility index (Phi) is 4.11. The molecule has 0 saturated heterocycles. The molecule has 3 N–H and O–H groups in total. The van der Waals surface area contributed by atoms with Crippen molar-refractivity contribution in [1.82, 2.24) is 0 Å². The minimum absolute atomic E-state index is 0.113. The number of nitrogens with two attached hydrogens (primary N) is 1. The Labute approximate surface area is 126 Å². The lowest BCUT2D eigenvalue weighted by Crippen LogP contribution is -2.11. The number of benzene rings is 2. The number of fused-ring (bicyclic) bond motifs is 1. The topological polar surface area (TPSA) is 47.3 Å². The van der Waals surface area contributed by atoms with E-state index in [1.165, 1.54) is 11.1 Å². The molecule has 21 heavy (non-hydrogen) atoms. The monoisotopic (exact) mass is 282 g/mol. The smallest absolute Gasteiger partial charge is 0.142 e. The summed E-state index contributed by atoms with van der Waals surface area (Å²) in [6, 6.07) is 16.9. The van der Waals surface area contributed by atoms with Crippen LogP contribution in [0, 0.1) is 0 Å². The summed E-state index contributed by atoms with van der Waals surface area (Å²) in [6.07, 6.45) is 1.92. The Bertz CT molecular complexity index is 612. The number of anilines is 1. The van der Waals surface area contributed by atoms with E-state index < -0.39 is 0 Å². The van der Waals surface area contributed by atoms with Crippen molar-refractivity contribution in [2.45, 2.75) is 31.8 Å². The van der Waals surface area contributed by atoms with Gasteiger partial charge >= 0.3 is 0 Å². The van der Waals surface area contributed by atoms with Gasteiger partial charge in [0.05, 0.1) is 18.3 Å². The van der Waals surface area contributed by atoms with Crippen molar-refractivity contribution in [3.05, 3.63) is 59.7 Å². The molecule has 3 nitrogen and oxygen atoms in total. The van der Waals surface area contributed by atoms with Crippen molar-refractivity contribution in [3.63, 3.8) is 0 Å². The highest BCUT2D eigenvalue weighted by Crippen LogP contribution is 2.40. The van der Waals surface area contributed by atoms with E-state index in [9.17, 15) is 0 Å². The molecule has 3 heteroatoms. The van der Waals surface area contributed by atoms with Gasteiger partial charge in [0.15, 0.2) is 0 Å². The fraction of sp³-hybridized carbons (Fsp3) is 0.333. The van der Waals surface area contributed by atoms with Gasteiger partial charge in [-0.25, -0.2) is 0 Å². The van der Waals surface area contributed by atoms with Crippen LogP contribution in [0.4, 0.5) is 5.69 Å². The molecule has 0 bridgehead atoms. The van der Waals surface area contributed by atoms with Gasteiger partial charge < -0.3 is 15.8 Å². The van der Waals surface area contributed by atoms with Gasteiger partial charge in [0, 0.05) is 6.04 Å². The van der Waals surface area contributed by atoms with Crippen molar-refractivity contribution in [2.75, 3.05) is 11.9 Å². The predicted octanol–water partition coefficient (Wildman–Crippen LogP) is 4.03. The summed E-state index contributed by atoms with van der Waals surface area (Å²) in [5.74, 6) is 0.914. The lowest BCUT2D eigenvalue weighted by Gasteiger charge is -2.18. The second-order valence-corrected chi connectivity index (χ2v) is 5.51. The minimum Gasteiger partial charge on any atom is -0.491 e. The van der Waals surface area contributed by atoms with Crippen LogP contribution in [0.1, 0.15) is 43.0 Å². The number of ether oxygens (including phenoxy) is 1. The molecule has 0 radical (unpaired) electrons. The van der Waals surface area contributed by atoms with Crippen LogP contribution in [0.25, 0.3) is 0 Å². The highest BCUT2D eigenvalue weighted by molar-refractivity contribution is 5.58. The average molecular weight is 282 g/mol. The summed E-state index contributed by atoms with van der Waals surface area (Å²) in [7, 11) is 0. The van der Waals surface area contributed by atoms with Crippen LogP contribution >= 0.6 is 0 Å². The lowest BCUT2D eigenvalue weighted by atomic mass is 10.1. The Morgan fingerprint density at radius 3 is 2.62 bits per heavy atom. The third-order valence-corrected chi connectivity index (χ3v) is 3.94. The van der Waals surface area contributed by atoms with Gasteiger partial charge in [-0.3, -0.25) is 0 Å². The van der Waals surface area contributed by atoms with Gasteiger partial charge in [0.1, 0.15) is 5.75 Å². The van der Waals surface area contributed by atoms with Crippen molar-refractivity contribution in [3.8, 4) is 5.75 Å². The van der Waals surface area contributed by atoms with Crippen LogP contribution in [-0.4, -0.2) is 6.61 Å². The van der Waals surface area contributed by atoms with Gasteiger partial charge in [0.25, 0.3) is 0 Å². The first-order valence-electron chi connectivity index (χ1n) is 7.62. The van der Waals surface area contributed by atoms with E-state index in [2.05, 4.69) is 42.6 Å². The van der Waals surface area contributed by atoms with Gasteiger partial charge in [0.2, 0.25) is 0 Å². The first-order chi connectivity index (χ1) is 10.3. The second kappa shape index (κ2) is 6.19. The van der Waals surface area contributed by atoms with Crippen LogP contribution in [0.3, 0.4) is 0 Å². The standard InChI is InChI=1S/C18H22N2O/c1-2-11-21-18-10-6-5-9-16(18)20-17-12-15(19)13-7-3-4-8-14(13)17/h3-10,15,17,20H,2,11-12,19H2,1H3. The van der Waals surface area contributed by atoms with Crippen LogP contribution in [0.2, 0.25) is 0 Å². The highest BCUT2D eigenvalue weighted by Gasteiger charge is 2.28. The van der Waals surface area contributed by atoms with Crippen molar-refractivity contribution in [2.24, 2.45) is 5.73 Å². The number of nitrogens with one attached hydrogen (secondary N) is 1. The summed E-state index contributed by atoms with van der Waals surface area (Å²) in [6.45, 7) is 2.85. The van der Waals surface area contributed by atoms with Crippen molar-refractivity contribution in [1.29, 1.82) is 0 Å². The van der Waals surface area contributed by atoms with Gasteiger partial charge in [-0.15, -0.1) is 0 Å². The Morgan fingerprint density at radius 2 is 1.81 bits per heavy atom. The van der Waals surface area contributed by atoms with Crippen LogP contribution in [0.5, 0.6) is 5.75 Å². The molecule has 2 atom stereocenters. The summed E-state index contributed by atoms with van der Waals surface area (Å²) in [4.78, 5) is 0. The molecule has 2 aromatic rings. The molecule has 0 fully saturated rings. The SMILES string of the molecule is CCCOc1ccccc1NC1CC(N)c2ccccc21. The number of hydrogen-bond acceptors (Lipinski definition) is 3. The maximum atomic E-state index is 6.24. The normalized spacial score (nSPS) is 20.1. The first kappa shape index (κ1) is 14.0. The summed E-state index contributed by atoms with van der Waals surface area (Å²) < 4.78 is 5.82. The molecule has 1 aliphatic rings. The Hall–Kier alpha value is -2.00. The molecular formula is C18H22N2O. The predicted molar refractivity (Wildman–Crippen MR) is 86.6 cm³/mol. The number of rotatable bonds is 5. The van der Waals surface area contributed by atoms with Gasteiger partial charge in [-0.1, -0.05) is 43.3 Å². The zero-order valence-corrected chi connectivity index (χ0v) is 12.4. The van der Waals surface area contributed by atoms with E-state index in [1.54, 1.807) is 0 Å². The van der Waals surface area contributed by atoms with Crippen molar-refractivity contribution < 1.29 is 4.74 Å². The van der Waals surface area contributed by atoms with E-state index in [1.807, 2.05) is 18.2 Å². The molecular weight excluding hydrogens is 260 g/mol. The largest absolute Gasteiger partial charge is 0.491 e. The molecule has 1 aliphatic carbocycles. The minimum atomic E-state index is 0.113. The number of hydrogen-bond donors (Lipinski definition) is 2. The van der Waals surface area contributed by atoms with Gasteiger partial charge in [-0.05, 0) is 36.1 Å². The maximum Gasteiger partial charge on any atom is 0.142 e. The fourth-order valence-corrected chi connectivity index (χ4v) is 2.92. The lowest BCUT2D eigenvalue weighted by molar-refractivity contribution is 0.318. The fourth-order valence-electron chi connectivity index (χ4n) is 2.92. The van der Waals surface area contributed by atoms with E-state index in [0.717, 1.165) is 30.9 Å². The first-order valence-corrected chi connectivity index (χ1v) is 7.62. The molecule has 0 aromatic heterocycles. The van der Waals surface area contributed by atoms with E-state index in [4.69, 9.17) is 10.5 Å². The Balaban J connectivity index is 1.82. The third-order valence-electron chi connectivity index (χ3n) is 3.94. The molecule has 110 valence electrons. The summed E-state index contributed by atoms with van der Waals surface area (Å²) in [5, 5.41) is 3.60. The molecule has 0 saturated carbocycles. The molecule has 0 heterocycles. The summed E-state index contributed by atoms with van der Waals surface area (Å²) in [5.41, 5.74) is 9.83. The summed E-state index contributed by atoms with van der Waals surface area (Å²) >= 11 is 0. The molecule has 0 aliphatic heterocycles. The average Bonchev–Trinajstić information content (AvgIpc) is 2.83. The van der Waals surface area contributed by atoms with Crippen LogP contribution in [0.15, 0.2) is 48.5 Å². The molecule has 0 spiro atoms. The van der Waals surface area contributed by atoms with Crippen LogP contribution in [-0.2, 0) is 0 Å². The molecule has 3 rings (SSSR count). The zero-order valence-electron chi connectivity index (χ0n) is 12.4.